The molecule has 2 N–H and O–H groups in total. The molecule has 4 nitrogen and oxygen atoms in total. The van der Waals surface area contributed by atoms with E-state index >= 15 is 0 Å². The van der Waals surface area contributed by atoms with Crippen molar-refractivity contribution in [1.82, 2.24) is 10.6 Å². The average Bonchev–Trinajstić information content (AvgIpc) is 3.42. The quantitative estimate of drug-likeness (QED) is 0.433. The minimum Gasteiger partial charge on any atom is -0.349 e. The molecular weight excluding hydrogens is 458 g/mol. The molecule has 1 unspecified atom stereocenters. The van der Waals surface area contributed by atoms with Crippen molar-refractivity contribution in [2.45, 2.75) is 44.2 Å². The number of thiophene rings is 1. The van der Waals surface area contributed by atoms with E-state index in [-0.39, 0.29) is 11.9 Å². The van der Waals surface area contributed by atoms with Crippen LogP contribution in [0.4, 0.5) is 26.3 Å². The molecule has 32 heavy (non-hydrogen) atoms. The Morgan fingerprint density at radius 2 is 1.81 bits per heavy atom. The van der Waals surface area contributed by atoms with E-state index in [2.05, 4.69) is 5.32 Å². The van der Waals surface area contributed by atoms with Gasteiger partial charge in [-0.1, -0.05) is 12.1 Å². The zero-order valence-corrected chi connectivity index (χ0v) is 17.4. The van der Waals surface area contributed by atoms with Crippen LogP contribution in [0.1, 0.15) is 50.1 Å². The van der Waals surface area contributed by atoms with Gasteiger partial charge in [-0.3, -0.25) is 9.59 Å². The number of rotatable bonds is 6. The van der Waals surface area contributed by atoms with Crippen molar-refractivity contribution < 1.29 is 35.9 Å². The second-order valence-corrected chi connectivity index (χ2v) is 8.59. The van der Waals surface area contributed by atoms with E-state index in [1.807, 2.05) is 0 Å². The third kappa shape index (κ3) is 6.12. The summed E-state index contributed by atoms with van der Waals surface area (Å²) in [6.07, 6.45) is -5.92. The van der Waals surface area contributed by atoms with Crippen molar-refractivity contribution in [3.05, 3.63) is 62.9 Å². The highest BCUT2D eigenvalue weighted by atomic mass is 32.1. The number of hydrogen-bond acceptors (Lipinski definition) is 3. The van der Waals surface area contributed by atoms with E-state index in [9.17, 15) is 35.9 Å². The summed E-state index contributed by atoms with van der Waals surface area (Å²) in [6.45, 7) is 1.71. The summed E-state index contributed by atoms with van der Waals surface area (Å²) in [6, 6.07) is 1.78. The van der Waals surface area contributed by atoms with E-state index in [4.69, 9.17) is 0 Å². The fourth-order valence-electron chi connectivity index (χ4n) is 2.90. The molecule has 1 aliphatic carbocycles. The van der Waals surface area contributed by atoms with Gasteiger partial charge >= 0.3 is 12.4 Å². The van der Waals surface area contributed by atoms with Crippen molar-refractivity contribution in [1.29, 1.82) is 0 Å². The zero-order chi connectivity index (χ0) is 23.7. The lowest BCUT2D eigenvalue weighted by atomic mass is 10.0. The lowest BCUT2D eigenvalue weighted by Gasteiger charge is -2.22. The van der Waals surface area contributed by atoms with Crippen LogP contribution in [0.15, 0.2) is 36.4 Å². The van der Waals surface area contributed by atoms with Gasteiger partial charge in [0.15, 0.2) is 6.04 Å². The molecule has 1 aromatic heterocycles. The molecule has 172 valence electrons. The number of carbonyl (C=O) groups is 2. The summed E-state index contributed by atoms with van der Waals surface area (Å²) in [5.74, 6) is -1.40. The topological polar surface area (TPSA) is 58.2 Å². The van der Waals surface area contributed by atoms with Crippen LogP contribution in [-0.2, 0) is 11.0 Å². The smallest absolute Gasteiger partial charge is 0.349 e. The summed E-state index contributed by atoms with van der Waals surface area (Å²) < 4.78 is 78.9. The van der Waals surface area contributed by atoms with Gasteiger partial charge < -0.3 is 10.6 Å². The Kier molecular flexibility index (Phi) is 6.68. The lowest BCUT2D eigenvalue weighted by molar-refractivity contribution is -0.162. The number of aryl methyl sites for hydroxylation is 1. The van der Waals surface area contributed by atoms with Gasteiger partial charge in [-0.25, -0.2) is 0 Å². The molecule has 2 amide bonds. The maximum absolute atomic E-state index is 13.4. The molecule has 1 aromatic carbocycles. The Bertz CT molecular complexity index is 1040. The van der Waals surface area contributed by atoms with Gasteiger partial charge in [-0.15, -0.1) is 11.3 Å². The number of amides is 2. The van der Waals surface area contributed by atoms with Gasteiger partial charge in [0.25, 0.3) is 5.91 Å². The zero-order valence-electron chi connectivity index (χ0n) is 16.6. The SMILES string of the molecule is Cc1sc(C=CC(=O)NC(c2cccc(C(F)(F)F)c2)C(F)(F)F)cc1C(=O)NC1CC1. The first-order chi connectivity index (χ1) is 14.8. The maximum atomic E-state index is 13.4. The van der Waals surface area contributed by atoms with Crippen LogP contribution >= 0.6 is 11.3 Å². The van der Waals surface area contributed by atoms with Gasteiger partial charge in [0, 0.05) is 21.9 Å². The highest BCUT2D eigenvalue weighted by Gasteiger charge is 2.42. The van der Waals surface area contributed by atoms with Crippen molar-refractivity contribution in [3.63, 3.8) is 0 Å². The van der Waals surface area contributed by atoms with Crippen LogP contribution < -0.4 is 10.6 Å². The van der Waals surface area contributed by atoms with Crippen LogP contribution in [0.5, 0.6) is 0 Å². The Balaban J connectivity index is 1.74. The van der Waals surface area contributed by atoms with Gasteiger partial charge in [-0.05, 0) is 49.6 Å². The Hall–Kier alpha value is -2.82. The molecule has 1 heterocycles. The van der Waals surface area contributed by atoms with Crippen molar-refractivity contribution >= 4 is 29.2 Å². The molecule has 1 aliphatic rings. The Labute approximate surface area is 183 Å². The number of benzene rings is 1. The predicted molar refractivity (Wildman–Crippen MR) is 107 cm³/mol. The monoisotopic (exact) mass is 476 g/mol. The van der Waals surface area contributed by atoms with Gasteiger partial charge in [-0.2, -0.15) is 26.3 Å². The fourth-order valence-corrected chi connectivity index (χ4v) is 3.83. The van der Waals surface area contributed by atoms with Gasteiger partial charge in [0.05, 0.1) is 11.1 Å². The molecule has 2 aromatic rings. The summed E-state index contributed by atoms with van der Waals surface area (Å²) in [5, 5.41) is 4.53. The van der Waals surface area contributed by atoms with Gasteiger partial charge in [0.1, 0.15) is 0 Å². The van der Waals surface area contributed by atoms with Crippen LogP contribution in [0.2, 0.25) is 0 Å². The van der Waals surface area contributed by atoms with Crippen molar-refractivity contribution in [2.75, 3.05) is 0 Å². The van der Waals surface area contributed by atoms with E-state index < -0.39 is 35.4 Å². The molecule has 0 saturated heterocycles. The lowest BCUT2D eigenvalue weighted by Crippen LogP contribution is -2.37. The first-order valence-electron chi connectivity index (χ1n) is 9.48. The third-order valence-electron chi connectivity index (χ3n) is 4.65. The number of hydrogen-bond donors (Lipinski definition) is 2. The number of halogens is 6. The molecule has 0 radical (unpaired) electrons. The van der Waals surface area contributed by atoms with Crippen LogP contribution in [-0.4, -0.2) is 24.0 Å². The van der Waals surface area contributed by atoms with Crippen LogP contribution in [0.25, 0.3) is 6.08 Å². The number of nitrogens with one attached hydrogen (secondary N) is 2. The van der Waals surface area contributed by atoms with Crippen molar-refractivity contribution in [3.8, 4) is 0 Å². The highest BCUT2D eigenvalue weighted by molar-refractivity contribution is 7.13. The van der Waals surface area contributed by atoms with Crippen LogP contribution in [0, 0.1) is 6.92 Å². The molecule has 11 heteroatoms. The maximum Gasteiger partial charge on any atom is 0.416 e. The summed E-state index contributed by atoms with van der Waals surface area (Å²) >= 11 is 1.18. The van der Waals surface area contributed by atoms with E-state index in [0.29, 0.717) is 27.5 Å². The molecule has 1 fully saturated rings. The number of carbonyl (C=O) groups excluding carboxylic acids is 2. The molecule has 1 atom stereocenters. The van der Waals surface area contributed by atoms with E-state index in [0.717, 1.165) is 31.1 Å². The minimum absolute atomic E-state index is 0.154. The third-order valence-corrected chi connectivity index (χ3v) is 5.67. The molecule has 3 rings (SSSR count). The summed E-state index contributed by atoms with van der Waals surface area (Å²) in [4.78, 5) is 25.4. The largest absolute Gasteiger partial charge is 0.416 e. The summed E-state index contributed by atoms with van der Waals surface area (Å²) in [5.41, 5.74) is -1.57. The number of alkyl halides is 6. The molecule has 0 spiro atoms. The fraction of sp³-hybridized carbons (Fsp3) is 0.333. The molecule has 0 aliphatic heterocycles. The van der Waals surface area contributed by atoms with Crippen molar-refractivity contribution in [2.24, 2.45) is 0 Å². The first-order valence-corrected chi connectivity index (χ1v) is 10.3. The van der Waals surface area contributed by atoms with Gasteiger partial charge in [0.2, 0.25) is 5.91 Å². The molecular formula is C21H18F6N2O2S. The van der Waals surface area contributed by atoms with E-state index in [1.165, 1.54) is 23.5 Å². The Morgan fingerprint density at radius 3 is 2.41 bits per heavy atom. The van der Waals surface area contributed by atoms with E-state index in [1.54, 1.807) is 12.2 Å². The standard InChI is InChI=1S/C21H18F6N2O2S/c1-11-16(19(31)28-14-5-6-14)10-15(32-11)7-8-17(30)29-18(21(25,26)27)12-3-2-4-13(9-12)20(22,23)24/h2-4,7-10,14,18H,5-6H2,1H3,(H,28,31)(H,29,30). The second-order valence-electron chi connectivity index (χ2n) is 7.31. The first kappa shape index (κ1) is 23.8. The molecule has 1 saturated carbocycles. The highest BCUT2D eigenvalue weighted by Crippen LogP contribution is 2.36. The van der Waals surface area contributed by atoms with Crippen LogP contribution in [0.3, 0.4) is 0 Å². The summed E-state index contributed by atoms with van der Waals surface area (Å²) in [7, 11) is 0. The average molecular weight is 476 g/mol. The Morgan fingerprint density at radius 1 is 1.12 bits per heavy atom. The minimum atomic E-state index is -5.01. The second kappa shape index (κ2) is 8.97. The predicted octanol–water partition coefficient (Wildman–Crippen LogP) is 5.40. The normalized spacial score (nSPS) is 15.6. The molecule has 0 bridgehead atoms.